The van der Waals surface area contributed by atoms with Gasteiger partial charge in [-0.05, 0) is 19.5 Å². The van der Waals surface area contributed by atoms with Gasteiger partial charge in [0, 0.05) is 32.6 Å². The Labute approximate surface area is 131 Å². The fourth-order valence-electron chi connectivity index (χ4n) is 2.66. The zero-order valence-corrected chi connectivity index (χ0v) is 13.2. The molecule has 1 aliphatic heterocycles. The van der Waals surface area contributed by atoms with Crippen LogP contribution in [0.2, 0.25) is 0 Å². The molecule has 0 amide bonds. The minimum absolute atomic E-state index is 0.298. The number of benzene rings is 1. The second kappa shape index (κ2) is 6.27. The van der Waals surface area contributed by atoms with Gasteiger partial charge in [0.25, 0.3) is 0 Å². The molecule has 0 bridgehead atoms. The highest BCUT2D eigenvalue weighted by molar-refractivity contribution is 5.36. The lowest BCUT2D eigenvalue weighted by Gasteiger charge is -2.32. The van der Waals surface area contributed by atoms with Gasteiger partial charge in [0.05, 0.1) is 0 Å². The van der Waals surface area contributed by atoms with E-state index in [-0.39, 0.29) is 0 Å². The number of likely N-dealkylation sites (N-methyl/N-ethyl adjacent to an activating group) is 1. The molecule has 116 valence electrons. The van der Waals surface area contributed by atoms with Crippen molar-refractivity contribution in [3.63, 3.8) is 0 Å². The molecule has 1 saturated heterocycles. The summed E-state index contributed by atoms with van der Waals surface area (Å²) >= 11 is 0. The fraction of sp³-hybridized carbons (Fsp3) is 0.438. The third kappa shape index (κ3) is 3.51. The maximum Gasteiger partial charge on any atom is 0.230 e. The molecule has 1 aromatic carbocycles. The first kappa shape index (κ1) is 14.7. The smallest absolute Gasteiger partial charge is 0.230 e. The van der Waals surface area contributed by atoms with Crippen LogP contribution in [0.15, 0.2) is 24.3 Å². The molecule has 2 heterocycles. The zero-order chi connectivity index (χ0) is 15.5. The Balaban J connectivity index is 1.80. The Hall–Kier alpha value is -2.21. The minimum atomic E-state index is 0.298. The Bertz CT molecular complexity index is 649. The summed E-state index contributed by atoms with van der Waals surface area (Å²) in [5.41, 5.74) is 8.30. The van der Waals surface area contributed by atoms with E-state index in [0.29, 0.717) is 18.3 Å². The number of nitrogens with two attached hydrogens (primary N) is 1. The third-order valence-corrected chi connectivity index (χ3v) is 3.92. The van der Waals surface area contributed by atoms with Crippen molar-refractivity contribution in [1.82, 2.24) is 19.9 Å². The van der Waals surface area contributed by atoms with Gasteiger partial charge in [-0.3, -0.25) is 0 Å². The molecule has 3 rings (SSSR count). The summed E-state index contributed by atoms with van der Waals surface area (Å²) in [5.74, 6) is 1.72. The summed E-state index contributed by atoms with van der Waals surface area (Å²) < 4.78 is 0. The van der Waals surface area contributed by atoms with Gasteiger partial charge in [0.1, 0.15) is 5.82 Å². The quantitative estimate of drug-likeness (QED) is 0.915. The molecule has 0 radical (unpaired) electrons. The van der Waals surface area contributed by atoms with Gasteiger partial charge in [-0.1, -0.05) is 29.8 Å². The lowest BCUT2D eigenvalue weighted by Crippen LogP contribution is -2.45. The number of anilines is 2. The van der Waals surface area contributed by atoms with E-state index < -0.39 is 0 Å². The number of nitrogens with zero attached hydrogens (tertiary/aromatic N) is 5. The van der Waals surface area contributed by atoms with Crippen molar-refractivity contribution in [1.29, 1.82) is 0 Å². The van der Waals surface area contributed by atoms with Gasteiger partial charge in [-0.25, -0.2) is 0 Å². The van der Waals surface area contributed by atoms with Crippen LogP contribution < -0.4 is 10.6 Å². The molecule has 2 N–H and O–H groups in total. The predicted molar refractivity (Wildman–Crippen MR) is 87.9 cm³/mol. The molecule has 2 aromatic rings. The van der Waals surface area contributed by atoms with Gasteiger partial charge in [-0.2, -0.15) is 15.0 Å². The second-order valence-electron chi connectivity index (χ2n) is 5.87. The van der Waals surface area contributed by atoms with Crippen LogP contribution in [0.1, 0.15) is 17.0 Å². The molecule has 1 aliphatic rings. The van der Waals surface area contributed by atoms with Gasteiger partial charge in [0.15, 0.2) is 0 Å². The van der Waals surface area contributed by atoms with Crippen molar-refractivity contribution in [2.45, 2.75) is 13.3 Å². The molecule has 6 nitrogen and oxygen atoms in total. The number of aromatic nitrogens is 3. The van der Waals surface area contributed by atoms with Crippen molar-refractivity contribution >= 4 is 11.9 Å². The summed E-state index contributed by atoms with van der Waals surface area (Å²) in [6.07, 6.45) is 0.676. The molecule has 0 atom stereocenters. The van der Waals surface area contributed by atoms with Crippen LogP contribution in [0.5, 0.6) is 0 Å². The molecule has 0 aliphatic carbocycles. The summed E-state index contributed by atoms with van der Waals surface area (Å²) in [6, 6.07) is 8.37. The number of hydrogen-bond donors (Lipinski definition) is 1. The fourth-order valence-corrected chi connectivity index (χ4v) is 2.66. The Kier molecular flexibility index (Phi) is 4.20. The average Bonchev–Trinajstić information content (AvgIpc) is 2.47. The van der Waals surface area contributed by atoms with E-state index in [4.69, 9.17) is 5.73 Å². The molecule has 1 fully saturated rings. The van der Waals surface area contributed by atoms with Gasteiger partial charge < -0.3 is 15.5 Å². The zero-order valence-electron chi connectivity index (χ0n) is 13.2. The number of rotatable bonds is 3. The maximum atomic E-state index is 5.88. The maximum absolute atomic E-state index is 5.88. The average molecular weight is 298 g/mol. The van der Waals surface area contributed by atoms with E-state index in [1.54, 1.807) is 0 Å². The normalized spacial score (nSPS) is 16.0. The highest BCUT2D eigenvalue weighted by Crippen LogP contribution is 2.14. The topological polar surface area (TPSA) is 71.2 Å². The lowest BCUT2D eigenvalue weighted by atomic mass is 10.1. The molecule has 22 heavy (non-hydrogen) atoms. The van der Waals surface area contributed by atoms with Crippen LogP contribution >= 0.6 is 0 Å². The standard InChI is InChI=1S/C16H22N6/c1-12-4-3-5-13(10-12)11-14-18-15(17)20-16(19-14)22-8-6-21(2)7-9-22/h3-5,10H,6-9,11H2,1-2H3,(H2,17,18,19,20). The molecule has 6 heteroatoms. The van der Waals surface area contributed by atoms with Crippen LogP contribution in [0.3, 0.4) is 0 Å². The van der Waals surface area contributed by atoms with E-state index in [0.717, 1.165) is 32.0 Å². The number of aryl methyl sites for hydroxylation is 1. The third-order valence-electron chi connectivity index (χ3n) is 3.92. The molecule has 0 saturated carbocycles. The molecular weight excluding hydrogens is 276 g/mol. The van der Waals surface area contributed by atoms with Crippen molar-refractivity contribution in [3.05, 3.63) is 41.2 Å². The van der Waals surface area contributed by atoms with Crippen molar-refractivity contribution < 1.29 is 0 Å². The number of nitrogen functional groups attached to an aromatic ring is 1. The highest BCUT2D eigenvalue weighted by Gasteiger charge is 2.18. The number of hydrogen-bond acceptors (Lipinski definition) is 6. The molecular formula is C16H22N6. The van der Waals surface area contributed by atoms with Gasteiger partial charge in [0.2, 0.25) is 11.9 Å². The van der Waals surface area contributed by atoms with Crippen molar-refractivity contribution in [2.24, 2.45) is 0 Å². The summed E-state index contributed by atoms with van der Waals surface area (Å²) in [6.45, 7) is 5.95. The summed E-state index contributed by atoms with van der Waals surface area (Å²) in [7, 11) is 2.13. The molecule has 1 aromatic heterocycles. The van der Waals surface area contributed by atoms with E-state index in [1.807, 2.05) is 0 Å². The van der Waals surface area contributed by atoms with Crippen molar-refractivity contribution in [3.8, 4) is 0 Å². The second-order valence-corrected chi connectivity index (χ2v) is 5.87. The van der Waals surface area contributed by atoms with E-state index in [1.165, 1.54) is 11.1 Å². The van der Waals surface area contributed by atoms with Crippen molar-refractivity contribution in [2.75, 3.05) is 43.9 Å². The Morgan fingerprint density at radius 3 is 2.59 bits per heavy atom. The first-order valence-electron chi connectivity index (χ1n) is 7.59. The summed E-state index contributed by atoms with van der Waals surface area (Å²) in [4.78, 5) is 17.7. The van der Waals surface area contributed by atoms with Crippen LogP contribution in [-0.4, -0.2) is 53.1 Å². The molecule has 0 unspecified atom stereocenters. The van der Waals surface area contributed by atoms with E-state index >= 15 is 0 Å². The largest absolute Gasteiger partial charge is 0.368 e. The monoisotopic (exact) mass is 298 g/mol. The van der Waals surface area contributed by atoms with Crippen LogP contribution in [0.25, 0.3) is 0 Å². The molecule has 0 spiro atoms. The van der Waals surface area contributed by atoms with Gasteiger partial charge >= 0.3 is 0 Å². The summed E-state index contributed by atoms with van der Waals surface area (Å²) in [5, 5.41) is 0. The van der Waals surface area contributed by atoms with Crippen LogP contribution in [0.4, 0.5) is 11.9 Å². The Morgan fingerprint density at radius 2 is 1.86 bits per heavy atom. The minimum Gasteiger partial charge on any atom is -0.368 e. The first-order valence-corrected chi connectivity index (χ1v) is 7.59. The lowest BCUT2D eigenvalue weighted by molar-refractivity contribution is 0.311. The SMILES string of the molecule is Cc1cccc(Cc2nc(N)nc(N3CCN(C)CC3)n2)c1. The predicted octanol–water partition coefficient (Wildman–Crippen LogP) is 1.10. The van der Waals surface area contributed by atoms with Crippen LogP contribution in [-0.2, 0) is 6.42 Å². The number of piperazine rings is 1. The van der Waals surface area contributed by atoms with Crippen LogP contribution in [0, 0.1) is 6.92 Å². The first-order chi connectivity index (χ1) is 10.6. The van der Waals surface area contributed by atoms with Gasteiger partial charge in [-0.15, -0.1) is 0 Å². The highest BCUT2D eigenvalue weighted by atomic mass is 15.3. The van der Waals surface area contributed by atoms with E-state index in [9.17, 15) is 0 Å². The Morgan fingerprint density at radius 1 is 1.09 bits per heavy atom. The van der Waals surface area contributed by atoms with E-state index in [2.05, 4.69) is 63.0 Å².